The monoisotopic (exact) mass is 388 g/mol. The third kappa shape index (κ3) is 5.42. The molecule has 6 nitrogen and oxygen atoms in total. The van der Waals surface area contributed by atoms with E-state index in [-0.39, 0.29) is 5.91 Å². The topological polar surface area (TPSA) is 75.6 Å². The highest BCUT2D eigenvalue weighted by molar-refractivity contribution is 6.10. The number of amides is 1. The molecule has 29 heavy (non-hydrogen) atoms. The first-order chi connectivity index (χ1) is 14.1. The van der Waals surface area contributed by atoms with Crippen molar-refractivity contribution in [3.05, 3.63) is 89.2 Å². The Morgan fingerprint density at radius 1 is 1.07 bits per heavy atom. The molecule has 1 heterocycles. The molecule has 148 valence electrons. The summed E-state index contributed by atoms with van der Waals surface area (Å²) in [6, 6.07) is 17.0. The van der Waals surface area contributed by atoms with Crippen LogP contribution in [0.15, 0.2) is 72.0 Å². The molecule has 3 aromatic rings. The fourth-order valence-corrected chi connectivity index (χ4v) is 2.82. The van der Waals surface area contributed by atoms with Crippen molar-refractivity contribution in [2.24, 2.45) is 4.99 Å². The summed E-state index contributed by atoms with van der Waals surface area (Å²) in [5.41, 5.74) is 4.27. The summed E-state index contributed by atoms with van der Waals surface area (Å²) in [6.07, 6.45) is 3.43. The van der Waals surface area contributed by atoms with Crippen LogP contribution in [0, 0.1) is 13.8 Å². The summed E-state index contributed by atoms with van der Waals surface area (Å²) in [7, 11) is 1.61. The van der Waals surface area contributed by atoms with Crippen molar-refractivity contribution < 1.29 is 9.53 Å². The number of carbonyl (C=O) groups excluding carboxylic acids is 1. The SMILES string of the molecule is COc1ccc(C)cc1NC(=NCc1ccncc1)NC(=O)c1ccccc1C. The zero-order chi connectivity index (χ0) is 20.6. The number of aryl methyl sites for hydroxylation is 2. The number of hydrogen-bond donors (Lipinski definition) is 2. The lowest BCUT2D eigenvalue weighted by molar-refractivity contribution is 0.0976. The molecule has 0 aliphatic rings. The van der Waals surface area contributed by atoms with E-state index in [1.165, 1.54) is 0 Å². The lowest BCUT2D eigenvalue weighted by atomic mass is 10.1. The van der Waals surface area contributed by atoms with Crippen LogP contribution in [0.3, 0.4) is 0 Å². The summed E-state index contributed by atoms with van der Waals surface area (Å²) in [6.45, 7) is 4.29. The maximum atomic E-state index is 12.8. The molecule has 0 bridgehead atoms. The van der Waals surface area contributed by atoms with E-state index in [0.717, 1.165) is 22.4 Å². The first kappa shape index (κ1) is 20.1. The zero-order valence-corrected chi connectivity index (χ0v) is 16.8. The largest absolute Gasteiger partial charge is 0.495 e. The molecule has 3 rings (SSSR count). The van der Waals surface area contributed by atoms with Gasteiger partial charge in [-0.3, -0.25) is 15.1 Å². The summed E-state index contributed by atoms with van der Waals surface area (Å²) in [5, 5.41) is 6.10. The molecule has 6 heteroatoms. The zero-order valence-electron chi connectivity index (χ0n) is 16.8. The number of hydrogen-bond acceptors (Lipinski definition) is 4. The van der Waals surface area contributed by atoms with Gasteiger partial charge in [0.1, 0.15) is 5.75 Å². The molecular weight excluding hydrogens is 364 g/mol. The van der Waals surface area contributed by atoms with Crippen molar-refractivity contribution in [3.8, 4) is 5.75 Å². The van der Waals surface area contributed by atoms with E-state index >= 15 is 0 Å². The number of anilines is 1. The standard InChI is InChI=1S/C23H24N4O2/c1-16-8-9-21(29-3)20(14-16)26-23(25-15-18-10-12-24-13-11-18)27-22(28)19-7-5-4-6-17(19)2/h4-14H,15H2,1-3H3,(H2,25,26,27,28). The van der Waals surface area contributed by atoms with Crippen molar-refractivity contribution in [1.29, 1.82) is 0 Å². The number of carbonyl (C=O) groups is 1. The van der Waals surface area contributed by atoms with Gasteiger partial charge >= 0.3 is 0 Å². The van der Waals surface area contributed by atoms with Crippen molar-refractivity contribution in [2.75, 3.05) is 12.4 Å². The van der Waals surface area contributed by atoms with Gasteiger partial charge in [0.25, 0.3) is 5.91 Å². The van der Waals surface area contributed by atoms with E-state index in [1.807, 2.05) is 62.4 Å². The third-order valence-corrected chi connectivity index (χ3v) is 4.40. The van der Waals surface area contributed by atoms with E-state index in [4.69, 9.17) is 4.74 Å². The number of benzene rings is 2. The Balaban J connectivity index is 1.88. The first-order valence-corrected chi connectivity index (χ1v) is 9.29. The molecule has 1 amide bonds. The molecule has 1 aromatic heterocycles. The molecule has 0 spiro atoms. The van der Waals surface area contributed by atoms with Crippen molar-refractivity contribution in [1.82, 2.24) is 10.3 Å². The van der Waals surface area contributed by atoms with Gasteiger partial charge in [0.2, 0.25) is 5.96 Å². The molecule has 0 unspecified atom stereocenters. The highest BCUT2D eigenvalue weighted by Gasteiger charge is 2.13. The Kier molecular flexibility index (Phi) is 6.58. The fraction of sp³-hybridized carbons (Fsp3) is 0.174. The molecule has 2 aromatic carbocycles. The molecule has 0 fully saturated rings. The van der Waals surface area contributed by atoms with Gasteiger partial charge in [0, 0.05) is 18.0 Å². The minimum atomic E-state index is -0.226. The van der Waals surface area contributed by atoms with Crippen LogP contribution >= 0.6 is 0 Å². The van der Waals surface area contributed by atoms with Gasteiger partial charge in [-0.15, -0.1) is 0 Å². The predicted octanol–water partition coefficient (Wildman–Crippen LogP) is 4.11. The highest BCUT2D eigenvalue weighted by atomic mass is 16.5. The van der Waals surface area contributed by atoms with Gasteiger partial charge < -0.3 is 10.1 Å². The van der Waals surface area contributed by atoms with Gasteiger partial charge in [0.05, 0.1) is 19.3 Å². The molecule has 0 aliphatic heterocycles. The first-order valence-electron chi connectivity index (χ1n) is 9.29. The van der Waals surface area contributed by atoms with Gasteiger partial charge in [-0.25, -0.2) is 4.99 Å². The van der Waals surface area contributed by atoms with Gasteiger partial charge in [-0.05, 0) is 60.9 Å². The van der Waals surface area contributed by atoms with Crippen molar-refractivity contribution in [3.63, 3.8) is 0 Å². The van der Waals surface area contributed by atoms with Crippen LogP contribution in [-0.4, -0.2) is 24.0 Å². The number of guanidine groups is 1. The summed E-state index contributed by atoms with van der Waals surface area (Å²) < 4.78 is 5.43. The van der Waals surface area contributed by atoms with E-state index in [0.29, 0.717) is 23.8 Å². The predicted molar refractivity (Wildman–Crippen MR) is 115 cm³/mol. The maximum absolute atomic E-state index is 12.8. The van der Waals surface area contributed by atoms with Crippen LogP contribution in [0.1, 0.15) is 27.0 Å². The van der Waals surface area contributed by atoms with Crippen molar-refractivity contribution in [2.45, 2.75) is 20.4 Å². The summed E-state index contributed by atoms with van der Waals surface area (Å²) >= 11 is 0. The van der Waals surface area contributed by atoms with E-state index in [2.05, 4.69) is 20.6 Å². The maximum Gasteiger partial charge on any atom is 0.258 e. The van der Waals surface area contributed by atoms with Crippen LogP contribution in [0.2, 0.25) is 0 Å². The average molecular weight is 388 g/mol. The van der Waals surface area contributed by atoms with Crippen LogP contribution in [0.4, 0.5) is 5.69 Å². The lowest BCUT2D eigenvalue weighted by Gasteiger charge is -2.15. The minimum absolute atomic E-state index is 0.226. The Hall–Kier alpha value is -3.67. The number of ether oxygens (including phenoxy) is 1. The molecule has 0 saturated carbocycles. The molecule has 0 saturated heterocycles. The number of pyridine rings is 1. The molecule has 0 atom stereocenters. The van der Waals surface area contributed by atoms with Crippen LogP contribution < -0.4 is 15.4 Å². The van der Waals surface area contributed by atoms with E-state index < -0.39 is 0 Å². The number of aliphatic imine (C=N–C) groups is 1. The molecular formula is C23H24N4O2. The summed E-state index contributed by atoms with van der Waals surface area (Å²) in [5.74, 6) is 0.784. The van der Waals surface area contributed by atoms with Gasteiger partial charge in [-0.1, -0.05) is 24.3 Å². The van der Waals surface area contributed by atoms with Crippen molar-refractivity contribution >= 4 is 17.6 Å². The molecule has 0 aliphatic carbocycles. The number of methoxy groups -OCH3 is 1. The van der Waals surface area contributed by atoms with Gasteiger partial charge in [-0.2, -0.15) is 0 Å². The minimum Gasteiger partial charge on any atom is -0.495 e. The highest BCUT2D eigenvalue weighted by Crippen LogP contribution is 2.25. The molecule has 0 radical (unpaired) electrons. The van der Waals surface area contributed by atoms with E-state index in [1.54, 1.807) is 25.6 Å². The Morgan fingerprint density at radius 3 is 2.55 bits per heavy atom. The number of nitrogens with one attached hydrogen (secondary N) is 2. The van der Waals surface area contributed by atoms with E-state index in [9.17, 15) is 4.79 Å². The quantitative estimate of drug-likeness (QED) is 0.510. The van der Waals surface area contributed by atoms with Crippen LogP contribution in [0.25, 0.3) is 0 Å². The Bertz CT molecular complexity index is 1020. The Morgan fingerprint density at radius 2 is 1.83 bits per heavy atom. The number of rotatable bonds is 5. The average Bonchev–Trinajstić information content (AvgIpc) is 2.73. The van der Waals surface area contributed by atoms with Gasteiger partial charge in [0.15, 0.2) is 0 Å². The second-order valence-electron chi connectivity index (χ2n) is 6.62. The second-order valence-corrected chi connectivity index (χ2v) is 6.62. The lowest BCUT2D eigenvalue weighted by Crippen LogP contribution is -2.36. The third-order valence-electron chi connectivity index (χ3n) is 4.40. The fourth-order valence-electron chi connectivity index (χ4n) is 2.82. The summed E-state index contributed by atoms with van der Waals surface area (Å²) in [4.78, 5) is 21.4. The second kappa shape index (κ2) is 9.50. The van der Waals surface area contributed by atoms with Crippen LogP contribution in [0.5, 0.6) is 5.75 Å². The molecule has 2 N–H and O–H groups in total. The smallest absolute Gasteiger partial charge is 0.258 e. The number of aromatic nitrogens is 1. The number of nitrogens with zero attached hydrogens (tertiary/aromatic N) is 2. The normalized spacial score (nSPS) is 11.1. The Labute approximate surface area is 170 Å². The van der Waals surface area contributed by atoms with Crippen LogP contribution in [-0.2, 0) is 6.54 Å².